The first-order valence-electron chi connectivity index (χ1n) is 38.4. The van der Waals surface area contributed by atoms with Crippen LogP contribution in [-0.4, -0.2) is 270 Å². The van der Waals surface area contributed by atoms with E-state index < -0.39 is 6.16 Å². The van der Waals surface area contributed by atoms with E-state index in [0.717, 1.165) is 229 Å². The average Bonchev–Trinajstić information content (AvgIpc) is 0.948. The molecule has 0 amide bonds. The maximum atomic E-state index is 6.24. The summed E-state index contributed by atoms with van der Waals surface area (Å²) in [6.45, 7) is 45.2. The van der Waals surface area contributed by atoms with Crippen LogP contribution in [0.5, 0.6) is 0 Å². The lowest BCUT2D eigenvalue weighted by molar-refractivity contribution is -0.501. The Morgan fingerprint density at radius 3 is 0.742 bits per heavy atom. The molecule has 574 valence electrons. The van der Waals surface area contributed by atoms with Crippen molar-refractivity contribution in [3.05, 3.63) is 0 Å². The Bertz CT molecular complexity index is 1640. The monoisotopic (exact) mass is 1390 g/mol. The van der Waals surface area contributed by atoms with Gasteiger partial charge in [-0.05, 0) is 128 Å². The van der Waals surface area contributed by atoms with Crippen LogP contribution in [0.4, 0.5) is 0 Å². The van der Waals surface area contributed by atoms with E-state index in [-0.39, 0.29) is 59.6 Å². The lowest BCUT2D eigenvalue weighted by Gasteiger charge is -2.42. The lowest BCUT2D eigenvalue weighted by atomic mass is 9.68. The van der Waals surface area contributed by atoms with Gasteiger partial charge in [0.15, 0.2) is 0 Å². The van der Waals surface area contributed by atoms with Crippen molar-refractivity contribution in [2.45, 2.75) is 190 Å². The van der Waals surface area contributed by atoms with Gasteiger partial charge in [-0.2, -0.15) is 0 Å². The van der Waals surface area contributed by atoms with Gasteiger partial charge >= 0.3 is 6.16 Å². The Balaban J connectivity index is 0.000000427. The Morgan fingerprint density at radius 1 is 0.268 bits per heavy atom. The Morgan fingerprint density at radius 2 is 0.505 bits per heavy atom. The molecule has 6 aliphatic heterocycles. The zero-order chi connectivity index (χ0) is 69.4. The van der Waals surface area contributed by atoms with E-state index in [4.69, 9.17) is 104 Å². The van der Waals surface area contributed by atoms with Crippen molar-refractivity contribution in [2.75, 3.05) is 258 Å². The SMILES string of the molecule is CCC1(COCC(C)OCC2(CC)COC2)CCC1.CCC1(COCCCCOCCOC(OCCOCCCCOCC2(CC)COC2)(OCCOCCCCOCC2(CC)COC2)OCCOCCCCOCC2(CC)COC2)COC1.CCOCCOCC1(CC)COC1. The third-order valence-corrected chi connectivity index (χ3v) is 21.0. The predicted molar refractivity (Wildman–Crippen MR) is 371 cm³/mol. The molecule has 22 heteroatoms. The molecule has 0 spiro atoms. The zero-order valence-corrected chi connectivity index (χ0v) is 62.9. The smallest absolute Gasteiger partial charge is 0.381 e. The van der Waals surface area contributed by atoms with Crippen molar-refractivity contribution in [1.29, 1.82) is 0 Å². The molecule has 0 N–H and O–H groups in total. The normalized spacial score (nSPS) is 20.6. The third kappa shape index (κ3) is 33.4. The molecule has 1 atom stereocenters. The largest absolute Gasteiger partial charge is 0.413 e. The van der Waals surface area contributed by atoms with Crippen LogP contribution in [0.15, 0.2) is 0 Å². The molecule has 1 saturated carbocycles. The number of hydrogen-bond acceptors (Lipinski definition) is 22. The molecule has 0 bridgehead atoms. The number of rotatable bonds is 64. The summed E-state index contributed by atoms with van der Waals surface area (Å²) in [6, 6.07) is 0. The van der Waals surface area contributed by atoms with Crippen LogP contribution in [0.25, 0.3) is 0 Å². The molecular weight excluding hydrogens is 1250 g/mol. The topological polar surface area (TPSA) is 203 Å². The molecular formula is C75H142O22. The van der Waals surface area contributed by atoms with Gasteiger partial charge in [0.05, 0.1) is 204 Å². The van der Waals surface area contributed by atoms with E-state index in [9.17, 15) is 0 Å². The maximum Gasteiger partial charge on any atom is 0.413 e. The van der Waals surface area contributed by atoms with Crippen LogP contribution in [0.1, 0.15) is 178 Å². The van der Waals surface area contributed by atoms with Gasteiger partial charge in [-0.15, -0.1) is 0 Å². The molecule has 7 rings (SSSR count). The quantitative estimate of drug-likeness (QED) is 0.0410. The Hall–Kier alpha value is -0.880. The molecule has 1 aliphatic carbocycles. The summed E-state index contributed by atoms with van der Waals surface area (Å²) in [7, 11) is 0. The molecule has 0 radical (unpaired) electrons. The minimum atomic E-state index is -1.79. The van der Waals surface area contributed by atoms with Gasteiger partial charge in [-0.3, -0.25) is 0 Å². The summed E-state index contributed by atoms with van der Waals surface area (Å²) >= 11 is 0. The first-order chi connectivity index (χ1) is 47.4. The second-order valence-corrected chi connectivity index (χ2v) is 29.1. The molecule has 6 heterocycles. The number of ether oxygens (including phenoxy) is 22. The first kappa shape index (κ1) is 86.8. The molecule has 0 aromatic rings. The van der Waals surface area contributed by atoms with E-state index in [2.05, 4.69) is 55.4 Å². The molecule has 97 heavy (non-hydrogen) atoms. The fourth-order valence-corrected chi connectivity index (χ4v) is 11.7. The van der Waals surface area contributed by atoms with Gasteiger partial charge in [0.2, 0.25) is 0 Å². The van der Waals surface area contributed by atoms with Crippen molar-refractivity contribution < 1.29 is 104 Å². The lowest BCUT2D eigenvalue weighted by Crippen LogP contribution is -2.46. The molecule has 0 aromatic heterocycles. The summed E-state index contributed by atoms with van der Waals surface area (Å²) in [5.74, 6) is 0. The van der Waals surface area contributed by atoms with Crippen LogP contribution in [0, 0.1) is 37.9 Å². The molecule has 6 saturated heterocycles. The number of unbranched alkanes of at least 4 members (excludes halogenated alkanes) is 4. The van der Waals surface area contributed by atoms with Gasteiger partial charge in [0.1, 0.15) is 0 Å². The molecule has 1 unspecified atom stereocenters. The minimum absolute atomic E-state index is 0.193. The van der Waals surface area contributed by atoms with Gasteiger partial charge in [0, 0.05) is 92.0 Å². The van der Waals surface area contributed by atoms with Crippen molar-refractivity contribution in [3.8, 4) is 0 Å². The van der Waals surface area contributed by atoms with Crippen molar-refractivity contribution in [1.82, 2.24) is 0 Å². The Kier molecular flexibility index (Phi) is 45.2. The predicted octanol–water partition coefficient (Wildman–Crippen LogP) is 11.5. The van der Waals surface area contributed by atoms with E-state index in [1.54, 1.807) is 0 Å². The molecule has 0 aromatic carbocycles. The fraction of sp³-hybridized carbons (Fsp3) is 1.00. The summed E-state index contributed by atoms with van der Waals surface area (Å²) in [6.07, 6.45) is 17.5. The van der Waals surface area contributed by atoms with Crippen molar-refractivity contribution in [3.63, 3.8) is 0 Å². The van der Waals surface area contributed by atoms with Gasteiger partial charge < -0.3 is 104 Å². The van der Waals surface area contributed by atoms with Crippen molar-refractivity contribution in [2.24, 2.45) is 37.9 Å². The highest BCUT2D eigenvalue weighted by atomic mass is 17.0. The Labute approximate surface area is 587 Å². The van der Waals surface area contributed by atoms with Crippen LogP contribution in [-0.2, 0) is 104 Å². The summed E-state index contributed by atoms with van der Waals surface area (Å²) < 4.78 is 127. The summed E-state index contributed by atoms with van der Waals surface area (Å²) in [5, 5.41) is 0. The standard InChI is InChI=1S/C49H92O16.C16H30O3.C10H20O3/c1-5-45(37-58-38-45)33-54-21-13-9-17-50-25-29-62-49(63-30-26-51-18-10-14-22-55-34-46(6-2)39-59-40-46,64-31-27-52-19-11-15-23-56-35-47(7-3)41-60-42-47)65-32-28-53-20-12-16-24-57-36-48(8-4)43-61-44-48;1-4-15(7-6-8-15)10-17-9-14(3)19-13-16(5-2)11-18-12-16;1-3-10(8-13-9-10)7-12-6-5-11-4-2/h5-44H2,1-4H3;14H,4-13H2,1-3H3;3-9H2,1-2H3. The highest BCUT2D eigenvalue weighted by Gasteiger charge is 2.42. The van der Waals surface area contributed by atoms with Crippen molar-refractivity contribution >= 4 is 0 Å². The van der Waals surface area contributed by atoms with Crippen LogP contribution >= 0.6 is 0 Å². The zero-order valence-electron chi connectivity index (χ0n) is 62.9. The van der Waals surface area contributed by atoms with Gasteiger partial charge in [0.25, 0.3) is 0 Å². The third-order valence-electron chi connectivity index (χ3n) is 21.0. The van der Waals surface area contributed by atoms with Gasteiger partial charge in [-0.25, -0.2) is 0 Å². The summed E-state index contributed by atoms with van der Waals surface area (Å²) in [4.78, 5) is 0. The highest BCUT2D eigenvalue weighted by Crippen LogP contribution is 2.44. The first-order valence-corrected chi connectivity index (χ1v) is 38.4. The fourth-order valence-electron chi connectivity index (χ4n) is 11.7. The molecule has 7 fully saturated rings. The minimum Gasteiger partial charge on any atom is -0.381 e. The van der Waals surface area contributed by atoms with E-state index in [1.165, 1.54) is 25.7 Å². The van der Waals surface area contributed by atoms with Crippen LogP contribution in [0.3, 0.4) is 0 Å². The molecule has 22 nitrogen and oxygen atoms in total. The molecule has 7 aliphatic rings. The second kappa shape index (κ2) is 50.5. The highest BCUT2D eigenvalue weighted by molar-refractivity contribution is 4.89. The van der Waals surface area contributed by atoms with E-state index in [0.29, 0.717) is 103 Å². The van der Waals surface area contributed by atoms with Gasteiger partial charge in [-0.1, -0.05) is 54.9 Å². The van der Waals surface area contributed by atoms with E-state index >= 15 is 0 Å². The van der Waals surface area contributed by atoms with Crippen LogP contribution in [0.2, 0.25) is 0 Å². The van der Waals surface area contributed by atoms with E-state index in [1.807, 2.05) is 6.92 Å². The maximum absolute atomic E-state index is 6.24. The number of hydrogen-bond donors (Lipinski definition) is 0. The second-order valence-electron chi connectivity index (χ2n) is 29.1. The average molecular weight is 1400 g/mol. The summed E-state index contributed by atoms with van der Waals surface area (Å²) in [5.41, 5.74) is 1.90. The van der Waals surface area contributed by atoms with Crippen LogP contribution < -0.4 is 0 Å².